The molecular weight excluding hydrogens is 258 g/mol. The van der Waals surface area contributed by atoms with Gasteiger partial charge < -0.3 is 19.7 Å². The van der Waals surface area contributed by atoms with Gasteiger partial charge in [0.2, 0.25) is 5.89 Å². The monoisotopic (exact) mass is 281 g/mol. The van der Waals surface area contributed by atoms with E-state index in [0.29, 0.717) is 24.5 Å². The van der Waals surface area contributed by atoms with E-state index in [1.165, 1.54) is 12.8 Å². The Bertz CT molecular complexity index is 421. The molecule has 1 saturated heterocycles. The van der Waals surface area contributed by atoms with Crippen LogP contribution in [0.25, 0.3) is 0 Å². The van der Waals surface area contributed by atoms with Crippen molar-refractivity contribution in [3.8, 4) is 0 Å². The van der Waals surface area contributed by atoms with Crippen LogP contribution in [0.4, 0.5) is 6.01 Å². The largest absolute Gasteiger partial charge is 0.407 e. The van der Waals surface area contributed by atoms with E-state index < -0.39 is 0 Å². The summed E-state index contributed by atoms with van der Waals surface area (Å²) in [7, 11) is 0. The first-order chi connectivity index (χ1) is 9.85. The summed E-state index contributed by atoms with van der Waals surface area (Å²) in [4.78, 5) is 4.41. The van der Waals surface area contributed by atoms with E-state index >= 15 is 0 Å². The van der Waals surface area contributed by atoms with E-state index in [-0.39, 0.29) is 6.61 Å². The lowest BCUT2D eigenvalue weighted by Gasteiger charge is -2.19. The minimum absolute atomic E-state index is 0.220. The van der Waals surface area contributed by atoms with E-state index in [2.05, 4.69) is 25.3 Å². The van der Waals surface area contributed by atoms with Crippen LogP contribution in [0.5, 0.6) is 0 Å². The molecule has 0 bridgehead atoms. The van der Waals surface area contributed by atoms with Crippen LogP contribution in [-0.2, 0) is 6.54 Å². The summed E-state index contributed by atoms with van der Waals surface area (Å²) in [5, 5.41) is 20.6. The molecule has 112 valence electrons. The van der Waals surface area contributed by atoms with Gasteiger partial charge in [-0.25, -0.2) is 0 Å². The van der Waals surface area contributed by atoms with Crippen molar-refractivity contribution < 1.29 is 9.52 Å². The molecule has 0 aromatic carbocycles. The van der Waals surface area contributed by atoms with Crippen LogP contribution in [0.15, 0.2) is 4.42 Å². The van der Waals surface area contributed by atoms with Gasteiger partial charge in [0.05, 0.1) is 13.2 Å². The van der Waals surface area contributed by atoms with Crippen LogP contribution < -0.4 is 10.2 Å². The van der Waals surface area contributed by atoms with Gasteiger partial charge in [-0.15, -0.1) is 5.10 Å². The molecule has 1 aromatic rings. The molecule has 2 aliphatic rings. The predicted molar refractivity (Wildman–Crippen MR) is 74.5 cm³/mol. The smallest absolute Gasteiger partial charge is 0.318 e. The van der Waals surface area contributed by atoms with Crippen LogP contribution in [0, 0.1) is 0 Å². The Kier molecular flexibility index (Phi) is 4.49. The number of aliphatic hydroxyl groups is 1. The Morgan fingerprint density at radius 1 is 1.20 bits per heavy atom. The average molecular weight is 281 g/mol. The third kappa shape index (κ3) is 3.68. The van der Waals surface area contributed by atoms with Gasteiger partial charge >= 0.3 is 6.01 Å². The van der Waals surface area contributed by atoms with E-state index in [9.17, 15) is 0 Å². The average Bonchev–Trinajstić information content (AvgIpc) is 3.21. The highest BCUT2D eigenvalue weighted by Crippen LogP contribution is 2.20. The van der Waals surface area contributed by atoms with E-state index in [1.54, 1.807) is 0 Å². The third-order valence-electron chi connectivity index (χ3n) is 3.85. The topological polar surface area (TPSA) is 77.7 Å². The maximum Gasteiger partial charge on any atom is 0.318 e. The van der Waals surface area contributed by atoms with Gasteiger partial charge in [-0.2, -0.15) is 0 Å². The number of rotatable bonds is 6. The Labute approximate surface area is 118 Å². The fraction of sp³-hybridized carbons (Fsp3) is 0.846. The van der Waals surface area contributed by atoms with E-state index in [1.807, 2.05) is 0 Å². The number of anilines is 1. The molecule has 7 heteroatoms. The molecule has 2 fully saturated rings. The van der Waals surface area contributed by atoms with E-state index in [4.69, 9.17) is 9.52 Å². The number of aliphatic hydroxyl groups excluding tert-OH is 1. The highest BCUT2D eigenvalue weighted by Gasteiger charge is 2.22. The summed E-state index contributed by atoms with van der Waals surface area (Å²) < 4.78 is 5.73. The van der Waals surface area contributed by atoms with Gasteiger partial charge in [0, 0.05) is 32.2 Å². The van der Waals surface area contributed by atoms with Gasteiger partial charge in [-0.1, -0.05) is 5.10 Å². The summed E-state index contributed by atoms with van der Waals surface area (Å²) in [6, 6.07) is 1.28. The lowest BCUT2D eigenvalue weighted by atomic mass is 10.4. The molecule has 0 spiro atoms. The van der Waals surface area contributed by atoms with Gasteiger partial charge in [0.25, 0.3) is 0 Å². The zero-order valence-electron chi connectivity index (χ0n) is 11.8. The highest BCUT2D eigenvalue weighted by molar-refractivity contribution is 5.24. The molecule has 1 aromatic heterocycles. The van der Waals surface area contributed by atoms with Crippen molar-refractivity contribution in [3.05, 3.63) is 5.89 Å². The normalized spacial score (nSPS) is 21.1. The molecule has 0 amide bonds. The lowest BCUT2D eigenvalue weighted by Crippen LogP contribution is -2.32. The first kappa shape index (κ1) is 13.8. The Morgan fingerprint density at radius 3 is 2.90 bits per heavy atom. The maximum atomic E-state index is 9.00. The third-order valence-corrected chi connectivity index (χ3v) is 3.85. The van der Waals surface area contributed by atoms with Crippen molar-refractivity contribution in [2.75, 3.05) is 44.2 Å². The fourth-order valence-electron chi connectivity index (χ4n) is 2.49. The maximum absolute atomic E-state index is 9.00. The second-order valence-corrected chi connectivity index (χ2v) is 5.54. The summed E-state index contributed by atoms with van der Waals surface area (Å²) >= 11 is 0. The molecular formula is C13H23N5O2. The minimum Gasteiger partial charge on any atom is -0.407 e. The number of β-amino-alcohol motifs (C(OH)–C–C–N with tert-alkyl or cyclic N) is 1. The van der Waals surface area contributed by atoms with Crippen LogP contribution in [0.1, 0.15) is 25.2 Å². The number of nitrogens with one attached hydrogen (secondary N) is 1. The van der Waals surface area contributed by atoms with Gasteiger partial charge in [0.15, 0.2) is 0 Å². The predicted octanol–water partition coefficient (Wildman–Crippen LogP) is -0.174. The minimum atomic E-state index is 0.220. The molecule has 1 aliphatic carbocycles. The molecule has 0 unspecified atom stereocenters. The van der Waals surface area contributed by atoms with Crippen LogP contribution >= 0.6 is 0 Å². The van der Waals surface area contributed by atoms with E-state index in [0.717, 1.165) is 39.1 Å². The van der Waals surface area contributed by atoms with Crippen molar-refractivity contribution in [2.45, 2.75) is 31.8 Å². The molecule has 2 N–H and O–H groups in total. The lowest BCUT2D eigenvalue weighted by molar-refractivity contribution is 0.204. The van der Waals surface area contributed by atoms with Gasteiger partial charge in [0.1, 0.15) is 0 Å². The van der Waals surface area contributed by atoms with Crippen LogP contribution in [-0.4, -0.2) is 65.6 Å². The van der Waals surface area contributed by atoms with Crippen molar-refractivity contribution in [3.63, 3.8) is 0 Å². The summed E-state index contributed by atoms with van der Waals surface area (Å²) in [6.45, 7) is 5.38. The Morgan fingerprint density at radius 2 is 2.10 bits per heavy atom. The van der Waals surface area contributed by atoms with Crippen molar-refractivity contribution in [1.82, 2.24) is 20.4 Å². The van der Waals surface area contributed by atoms with Crippen LogP contribution in [0.2, 0.25) is 0 Å². The molecule has 0 radical (unpaired) electrons. The number of aromatic nitrogens is 2. The summed E-state index contributed by atoms with van der Waals surface area (Å²) in [5.74, 6) is 0.670. The first-order valence-electron chi connectivity index (χ1n) is 7.49. The first-order valence-corrected chi connectivity index (χ1v) is 7.49. The second kappa shape index (κ2) is 6.51. The van der Waals surface area contributed by atoms with Crippen LogP contribution in [0.3, 0.4) is 0 Å². The standard InChI is InChI=1S/C13H23N5O2/c19-9-8-17-4-1-5-18(7-6-17)13-16-15-12(20-13)10-14-11-2-3-11/h11,14,19H,1-10H2. The fourth-order valence-corrected chi connectivity index (χ4v) is 2.49. The summed E-state index contributed by atoms with van der Waals surface area (Å²) in [6.07, 6.45) is 3.57. The molecule has 1 saturated carbocycles. The van der Waals surface area contributed by atoms with Crippen molar-refractivity contribution in [1.29, 1.82) is 0 Å². The quantitative estimate of drug-likeness (QED) is 0.749. The highest BCUT2D eigenvalue weighted by atomic mass is 16.4. The Balaban J connectivity index is 1.52. The molecule has 3 rings (SSSR count). The number of hydrogen-bond donors (Lipinski definition) is 2. The number of hydrogen-bond acceptors (Lipinski definition) is 7. The summed E-state index contributed by atoms with van der Waals surface area (Å²) in [5.41, 5.74) is 0. The zero-order chi connectivity index (χ0) is 13.8. The molecule has 20 heavy (non-hydrogen) atoms. The number of nitrogens with zero attached hydrogens (tertiary/aromatic N) is 4. The molecule has 1 aliphatic heterocycles. The Hall–Kier alpha value is -1.18. The SMILES string of the molecule is OCCN1CCCN(c2nnc(CNC3CC3)o2)CC1. The van der Waals surface area contributed by atoms with Gasteiger partial charge in [-0.3, -0.25) is 4.90 Å². The molecule has 0 atom stereocenters. The van der Waals surface area contributed by atoms with Gasteiger partial charge in [-0.05, 0) is 25.8 Å². The van der Waals surface area contributed by atoms with Crippen molar-refractivity contribution in [2.24, 2.45) is 0 Å². The van der Waals surface area contributed by atoms with Crippen molar-refractivity contribution >= 4 is 6.01 Å². The second-order valence-electron chi connectivity index (χ2n) is 5.54. The molecule has 2 heterocycles. The molecule has 7 nitrogen and oxygen atoms in total. The zero-order valence-corrected chi connectivity index (χ0v) is 11.8.